The molecule has 4 rings (SSSR count). The standard InChI is InChI=1S/C24H21N5O3/c1-26-23(30)22-20-13-15(25)7-12-19(20)21(14-27-22)32-18-10-8-17(9-11-18)29-24(31)28-16-5-3-2-4-6-16/h2-14H,25H2,1H3,(H,26,30)(H2,28,29,31). The first-order chi connectivity index (χ1) is 15.5. The number of nitrogen functional groups attached to an aromatic ring is 1. The number of hydrogen-bond donors (Lipinski definition) is 4. The van der Waals surface area contributed by atoms with E-state index in [2.05, 4.69) is 20.9 Å². The Hall–Kier alpha value is -4.59. The van der Waals surface area contributed by atoms with Crippen molar-refractivity contribution in [1.29, 1.82) is 0 Å². The summed E-state index contributed by atoms with van der Waals surface area (Å²) in [6.07, 6.45) is 1.50. The van der Waals surface area contributed by atoms with E-state index in [1.54, 1.807) is 61.6 Å². The number of urea groups is 1. The van der Waals surface area contributed by atoms with Crippen LogP contribution in [0.15, 0.2) is 79.0 Å². The zero-order valence-electron chi connectivity index (χ0n) is 17.3. The number of nitrogens with one attached hydrogen (secondary N) is 3. The Morgan fingerprint density at radius 1 is 0.875 bits per heavy atom. The van der Waals surface area contributed by atoms with Crippen molar-refractivity contribution in [3.8, 4) is 11.5 Å². The Balaban J connectivity index is 1.51. The number of rotatable bonds is 5. The Morgan fingerprint density at radius 3 is 2.25 bits per heavy atom. The van der Waals surface area contributed by atoms with E-state index in [1.807, 2.05) is 18.2 Å². The fraction of sp³-hybridized carbons (Fsp3) is 0.0417. The first-order valence-electron chi connectivity index (χ1n) is 9.85. The quantitative estimate of drug-likeness (QED) is 0.347. The fourth-order valence-corrected chi connectivity index (χ4v) is 3.16. The molecule has 0 spiro atoms. The summed E-state index contributed by atoms with van der Waals surface area (Å²) in [5.41, 5.74) is 8.00. The summed E-state index contributed by atoms with van der Waals surface area (Å²) in [6, 6.07) is 21.0. The SMILES string of the molecule is CNC(=O)c1ncc(Oc2ccc(NC(=O)Nc3ccccc3)cc2)c2ccc(N)cc12. The van der Waals surface area contributed by atoms with Crippen molar-refractivity contribution in [2.75, 3.05) is 23.4 Å². The number of carbonyl (C=O) groups excluding carboxylic acids is 2. The van der Waals surface area contributed by atoms with Crippen molar-refractivity contribution in [2.45, 2.75) is 0 Å². The average Bonchev–Trinajstić information content (AvgIpc) is 2.80. The van der Waals surface area contributed by atoms with E-state index in [0.29, 0.717) is 39.3 Å². The Bertz CT molecular complexity index is 1270. The second kappa shape index (κ2) is 9.05. The lowest BCUT2D eigenvalue weighted by atomic mass is 10.1. The van der Waals surface area contributed by atoms with Gasteiger partial charge in [0, 0.05) is 34.9 Å². The van der Waals surface area contributed by atoms with Gasteiger partial charge >= 0.3 is 6.03 Å². The Labute approximate surface area is 184 Å². The van der Waals surface area contributed by atoms with Gasteiger partial charge in [-0.05, 0) is 54.6 Å². The number of pyridine rings is 1. The van der Waals surface area contributed by atoms with Gasteiger partial charge in [0.2, 0.25) is 0 Å². The summed E-state index contributed by atoms with van der Waals surface area (Å²) >= 11 is 0. The zero-order valence-corrected chi connectivity index (χ0v) is 17.3. The molecule has 160 valence electrons. The molecule has 8 nitrogen and oxygen atoms in total. The van der Waals surface area contributed by atoms with Crippen molar-refractivity contribution < 1.29 is 14.3 Å². The van der Waals surface area contributed by atoms with Crippen LogP contribution in [0.3, 0.4) is 0 Å². The van der Waals surface area contributed by atoms with Crippen molar-refractivity contribution >= 4 is 39.8 Å². The number of benzene rings is 3. The summed E-state index contributed by atoms with van der Waals surface area (Å²) in [6.45, 7) is 0. The summed E-state index contributed by atoms with van der Waals surface area (Å²) in [4.78, 5) is 28.5. The van der Waals surface area contributed by atoms with E-state index in [0.717, 1.165) is 0 Å². The minimum absolute atomic E-state index is 0.270. The molecule has 0 aliphatic heterocycles. The maximum absolute atomic E-state index is 12.2. The van der Waals surface area contributed by atoms with Gasteiger partial charge in [-0.15, -0.1) is 0 Å². The van der Waals surface area contributed by atoms with E-state index in [-0.39, 0.29) is 17.6 Å². The number of nitrogens with two attached hydrogens (primary N) is 1. The number of nitrogens with zero attached hydrogens (tertiary/aromatic N) is 1. The van der Waals surface area contributed by atoms with Crippen LogP contribution in [0, 0.1) is 0 Å². The molecule has 3 amide bonds. The van der Waals surface area contributed by atoms with Gasteiger partial charge in [0.1, 0.15) is 11.4 Å². The number of carbonyl (C=O) groups is 2. The molecule has 0 unspecified atom stereocenters. The van der Waals surface area contributed by atoms with Crippen molar-refractivity contribution in [1.82, 2.24) is 10.3 Å². The fourth-order valence-electron chi connectivity index (χ4n) is 3.16. The molecule has 0 saturated carbocycles. The second-order valence-corrected chi connectivity index (χ2v) is 6.93. The molecule has 0 atom stereocenters. The van der Waals surface area contributed by atoms with E-state index in [9.17, 15) is 9.59 Å². The first kappa shape index (κ1) is 20.7. The minimum Gasteiger partial charge on any atom is -0.455 e. The molecule has 0 aliphatic rings. The number of aromatic nitrogens is 1. The van der Waals surface area contributed by atoms with Crippen LogP contribution in [0.4, 0.5) is 21.9 Å². The van der Waals surface area contributed by atoms with Gasteiger partial charge in [-0.25, -0.2) is 9.78 Å². The second-order valence-electron chi connectivity index (χ2n) is 6.93. The third-order valence-corrected chi connectivity index (χ3v) is 4.69. The van der Waals surface area contributed by atoms with Crippen LogP contribution in [0.25, 0.3) is 10.8 Å². The first-order valence-corrected chi connectivity index (χ1v) is 9.85. The highest BCUT2D eigenvalue weighted by atomic mass is 16.5. The Morgan fingerprint density at radius 2 is 1.56 bits per heavy atom. The maximum atomic E-state index is 12.2. The molecule has 3 aromatic carbocycles. The number of para-hydroxylation sites is 1. The van der Waals surface area contributed by atoms with Gasteiger partial charge in [-0.2, -0.15) is 0 Å². The van der Waals surface area contributed by atoms with Crippen LogP contribution < -0.4 is 26.4 Å². The van der Waals surface area contributed by atoms with E-state index >= 15 is 0 Å². The predicted molar refractivity (Wildman–Crippen MR) is 125 cm³/mol. The normalized spacial score (nSPS) is 10.4. The molecule has 8 heteroatoms. The van der Waals surface area contributed by atoms with E-state index < -0.39 is 0 Å². The summed E-state index contributed by atoms with van der Waals surface area (Å²) in [7, 11) is 1.54. The molecule has 5 N–H and O–H groups in total. The highest BCUT2D eigenvalue weighted by Crippen LogP contribution is 2.32. The number of hydrogen-bond acceptors (Lipinski definition) is 5. The molecule has 0 aliphatic carbocycles. The lowest BCUT2D eigenvalue weighted by Gasteiger charge is -2.12. The van der Waals surface area contributed by atoms with Crippen LogP contribution in [0.1, 0.15) is 10.5 Å². The largest absolute Gasteiger partial charge is 0.455 e. The van der Waals surface area contributed by atoms with Gasteiger partial charge in [0.05, 0.1) is 6.20 Å². The number of ether oxygens (including phenoxy) is 1. The summed E-state index contributed by atoms with van der Waals surface area (Å²) in [5.74, 6) is 0.721. The monoisotopic (exact) mass is 427 g/mol. The van der Waals surface area contributed by atoms with Crippen LogP contribution in [0.2, 0.25) is 0 Å². The number of anilines is 3. The highest BCUT2D eigenvalue weighted by Gasteiger charge is 2.15. The molecule has 1 aromatic heterocycles. The third kappa shape index (κ3) is 4.59. The smallest absolute Gasteiger partial charge is 0.323 e. The van der Waals surface area contributed by atoms with Crippen LogP contribution >= 0.6 is 0 Å². The molecule has 0 saturated heterocycles. The van der Waals surface area contributed by atoms with E-state index in [1.165, 1.54) is 6.20 Å². The van der Waals surface area contributed by atoms with Crippen LogP contribution in [0.5, 0.6) is 11.5 Å². The number of amides is 3. The van der Waals surface area contributed by atoms with Crippen molar-refractivity contribution in [2.24, 2.45) is 0 Å². The Kier molecular flexibility index (Phi) is 5.85. The van der Waals surface area contributed by atoms with Crippen molar-refractivity contribution in [3.05, 3.63) is 84.7 Å². The van der Waals surface area contributed by atoms with Crippen LogP contribution in [-0.2, 0) is 0 Å². The molecule has 0 bridgehead atoms. The zero-order chi connectivity index (χ0) is 22.5. The molecule has 0 radical (unpaired) electrons. The van der Waals surface area contributed by atoms with Gasteiger partial charge < -0.3 is 26.4 Å². The summed E-state index contributed by atoms with van der Waals surface area (Å²) < 4.78 is 5.99. The average molecular weight is 427 g/mol. The molecular weight excluding hydrogens is 406 g/mol. The molecule has 1 heterocycles. The van der Waals surface area contributed by atoms with Gasteiger partial charge in [0.25, 0.3) is 5.91 Å². The van der Waals surface area contributed by atoms with Gasteiger partial charge in [0.15, 0.2) is 5.75 Å². The lowest BCUT2D eigenvalue weighted by molar-refractivity contribution is 0.0960. The molecular formula is C24H21N5O3. The highest BCUT2D eigenvalue weighted by molar-refractivity contribution is 6.07. The predicted octanol–water partition coefficient (Wildman–Crippen LogP) is 4.61. The molecule has 4 aromatic rings. The van der Waals surface area contributed by atoms with Crippen LogP contribution in [-0.4, -0.2) is 24.0 Å². The lowest BCUT2D eigenvalue weighted by Crippen LogP contribution is -2.19. The number of fused-ring (bicyclic) bond motifs is 1. The molecule has 32 heavy (non-hydrogen) atoms. The topological polar surface area (TPSA) is 118 Å². The van der Waals surface area contributed by atoms with Crippen molar-refractivity contribution in [3.63, 3.8) is 0 Å². The van der Waals surface area contributed by atoms with E-state index in [4.69, 9.17) is 10.5 Å². The molecule has 0 fully saturated rings. The summed E-state index contributed by atoms with van der Waals surface area (Å²) in [5, 5.41) is 9.40. The van der Waals surface area contributed by atoms with Gasteiger partial charge in [-0.3, -0.25) is 4.79 Å². The maximum Gasteiger partial charge on any atom is 0.323 e. The van der Waals surface area contributed by atoms with Gasteiger partial charge in [-0.1, -0.05) is 18.2 Å². The minimum atomic E-state index is -0.345. The third-order valence-electron chi connectivity index (χ3n) is 4.69.